The summed E-state index contributed by atoms with van der Waals surface area (Å²) in [5.41, 5.74) is 2.68. The third-order valence-electron chi connectivity index (χ3n) is 6.53. The van der Waals surface area contributed by atoms with Crippen molar-refractivity contribution in [3.8, 4) is 5.75 Å². The average molecular weight is 479 g/mol. The Morgan fingerprint density at radius 1 is 1.12 bits per heavy atom. The van der Waals surface area contributed by atoms with Gasteiger partial charge in [-0.05, 0) is 60.7 Å². The Morgan fingerprint density at radius 3 is 2.62 bits per heavy atom. The van der Waals surface area contributed by atoms with Crippen LogP contribution in [0.15, 0.2) is 76.4 Å². The van der Waals surface area contributed by atoms with E-state index in [2.05, 4.69) is 4.98 Å². The lowest BCUT2D eigenvalue weighted by atomic mass is 9.89. The number of H-pyrrole nitrogens is 1. The van der Waals surface area contributed by atoms with E-state index in [0.29, 0.717) is 24.6 Å². The zero-order valence-corrected chi connectivity index (χ0v) is 19.7. The van der Waals surface area contributed by atoms with Crippen molar-refractivity contribution in [2.75, 3.05) is 20.2 Å². The Balaban J connectivity index is 1.29. The number of amides is 1. The molecule has 2 aromatic heterocycles. The van der Waals surface area contributed by atoms with Crippen LogP contribution in [0, 0.1) is 0 Å². The second-order valence-electron chi connectivity index (χ2n) is 8.57. The van der Waals surface area contributed by atoms with E-state index in [1.54, 1.807) is 48.4 Å². The molecule has 0 atom stereocenters. The number of hydrogen-bond donors (Lipinski definition) is 1. The minimum atomic E-state index is -3.58. The molecule has 0 unspecified atom stereocenters. The number of benzene rings is 2. The molecule has 0 radical (unpaired) electrons. The predicted molar refractivity (Wildman–Crippen MR) is 129 cm³/mol. The minimum Gasteiger partial charge on any atom is -0.497 e. The van der Waals surface area contributed by atoms with Crippen molar-refractivity contribution >= 4 is 26.6 Å². The summed E-state index contributed by atoms with van der Waals surface area (Å²) in [5, 5.41) is 1.14. The van der Waals surface area contributed by atoms with Gasteiger partial charge in [0, 0.05) is 35.8 Å². The van der Waals surface area contributed by atoms with Gasteiger partial charge >= 0.3 is 0 Å². The van der Waals surface area contributed by atoms with Crippen molar-refractivity contribution in [3.05, 3.63) is 83.9 Å². The van der Waals surface area contributed by atoms with E-state index in [-0.39, 0.29) is 22.3 Å². The fraction of sp³-hybridized carbons (Fsp3) is 0.269. The van der Waals surface area contributed by atoms with Crippen molar-refractivity contribution in [1.29, 1.82) is 0 Å². The lowest BCUT2D eigenvalue weighted by Gasteiger charge is -2.31. The van der Waals surface area contributed by atoms with Gasteiger partial charge in [0.1, 0.15) is 5.75 Å². The molecule has 1 saturated heterocycles. The van der Waals surface area contributed by atoms with E-state index in [1.165, 1.54) is 11.8 Å². The van der Waals surface area contributed by atoms with Crippen LogP contribution in [-0.2, 0) is 15.6 Å². The highest BCUT2D eigenvalue weighted by molar-refractivity contribution is 7.90. The SMILES string of the molecule is COc1ccc2[nH]cc(C3CCN(C(=O)c4occc4CS(=O)(=O)c4ccccc4)CC3)c2c1. The van der Waals surface area contributed by atoms with Gasteiger partial charge in [0.05, 0.1) is 24.0 Å². The third-order valence-corrected chi connectivity index (χ3v) is 8.21. The normalized spacial score (nSPS) is 15.0. The smallest absolute Gasteiger partial charge is 0.289 e. The van der Waals surface area contributed by atoms with Gasteiger partial charge in [-0.2, -0.15) is 0 Å². The first-order chi connectivity index (χ1) is 16.5. The van der Waals surface area contributed by atoms with Crippen LogP contribution >= 0.6 is 0 Å². The highest BCUT2D eigenvalue weighted by Gasteiger charge is 2.30. The molecule has 1 fully saturated rings. The van der Waals surface area contributed by atoms with Crippen molar-refractivity contribution in [2.45, 2.75) is 29.4 Å². The van der Waals surface area contributed by atoms with Gasteiger partial charge in [0.15, 0.2) is 15.6 Å². The second-order valence-corrected chi connectivity index (χ2v) is 10.6. The maximum atomic E-state index is 13.2. The molecule has 1 N–H and O–H groups in total. The number of aromatic amines is 1. The predicted octanol–water partition coefficient (Wildman–Crippen LogP) is 4.76. The number of methoxy groups -OCH3 is 1. The topological polar surface area (TPSA) is 92.6 Å². The highest BCUT2D eigenvalue weighted by atomic mass is 32.2. The number of hydrogen-bond acceptors (Lipinski definition) is 5. The molecule has 0 saturated carbocycles. The van der Waals surface area contributed by atoms with Gasteiger partial charge in [-0.25, -0.2) is 8.42 Å². The Bertz CT molecular complexity index is 1410. The van der Waals surface area contributed by atoms with Gasteiger partial charge in [0.2, 0.25) is 0 Å². The maximum absolute atomic E-state index is 13.2. The summed E-state index contributed by atoms with van der Waals surface area (Å²) in [6.45, 7) is 1.15. The van der Waals surface area contributed by atoms with Crippen LogP contribution in [-0.4, -0.2) is 44.4 Å². The molecule has 8 heteroatoms. The van der Waals surface area contributed by atoms with Gasteiger partial charge < -0.3 is 19.0 Å². The summed E-state index contributed by atoms with van der Waals surface area (Å²) in [6.07, 6.45) is 5.06. The molecule has 2 aromatic carbocycles. The summed E-state index contributed by atoms with van der Waals surface area (Å²) >= 11 is 0. The fourth-order valence-electron chi connectivity index (χ4n) is 4.68. The number of fused-ring (bicyclic) bond motifs is 1. The summed E-state index contributed by atoms with van der Waals surface area (Å²) in [5.74, 6) is 0.704. The maximum Gasteiger partial charge on any atom is 0.289 e. The zero-order valence-electron chi connectivity index (χ0n) is 18.9. The Hall–Kier alpha value is -3.52. The Kier molecular flexibility index (Phi) is 5.91. The monoisotopic (exact) mass is 478 g/mol. The Labute approximate surface area is 198 Å². The number of nitrogens with zero attached hydrogens (tertiary/aromatic N) is 1. The number of carbonyl (C=O) groups is 1. The summed E-state index contributed by atoms with van der Waals surface area (Å²) in [7, 11) is -1.92. The van der Waals surface area contributed by atoms with Gasteiger partial charge in [-0.15, -0.1) is 0 Å². The molecular formula is C26H26N2O5S. The summed E-state index contributed by atoms with van der Waals surface area (Å²) < 4.78 is 36.4. The van der Waals surface area contributed by atoms with E-state index in [4.69, 9.17) is 9.15 Å². The number of likely N-dealkylation sites (tertiary alicyclic amines) is 1. The van der Waals surface area contributed by atoms with Gasteiger partial charge in [0.25, 0.3) is 5.91 Å². The number of furan rings is 1. The molecule has 0 bridgehead atoms. The molecule has 7 nitrogen and oxygen atoms in total. The molecule has 0 spiro atoms. The number of piperidine rings is 1. The molecular weight excluding hydrogens is 452 g/mol. The largest absolute Gasteiger partial charge is 0.497 e. The van der Waals surface area contributed by atoms with Crippen LogP contribution in [0.25, 0.3) is 10.9 Å². The van der Waals surface area contributed by atoms with Gasteiger partial charge in [-0.3, -0.25) is 4.79 Å². The minimum absolute atomic E-state index is 0.106. The van der Waals surface area contributed by atoms with Crippen molar-refractivity contribution in [2.24, 2.45) is 0 Å². The quantitative estimate of drug-likeness (QED) is 0.431. The first-order valence-electron chi connectivity index (χ1n) is 11.2. The molecule has 1 aliphatic rings. The van der Waals surface area contributed by atoms with E-state index < -0.39 is 9.84 Å². The number of carbonyl (C=O) groups excluding carboxylic acids is 1. The van der Waals surface area contributed by atoms with E-state index in [1.807, 2.05) is 24.4 Å². The van der Waals surface area contributed by atoms with Crippen LogP contribution in [0.2, 0.25) is 0 Å². The Morgan fingerprint density at radius 2 is 1.88 bits per heavy atom. The highest BCUT2D eigenvalue weighted by Crippen LogP contribution is 2.35. The molecule has 1 amide bonds. The van der Waals surface area contributed by atoms with Crippen LogP contribution in [0.3, 0.4) is 0 Å². The molecule has 1 aliphatic heterocycles. The average Bonchev–Trinajstić information content (AvgIpc) is 3.50. The van der Waals surface area contributed by atoms with E-state index >= 15 is 0 Å². The van der Waals surface area contributed by atoms with E-state index in [9.17, 15) is 13.2 Å². The lowest BCUT2D eigenvalue weighted by Crippen LogP contribution is -2.38. The first kappa shape index (κ1) is 22.3. The molecule has 176 valence electrons. The molecule has 5 rings (SSSR count). The molecule has 0 aliphatic carbocycles. The van der Waals surface area contributed by atoms with Crippen LogP contribution in [0.5, 0.6) is 5.75 Å². The van der Waals surface area contributed by atoms with Crippen LogP contribution in [0.1, 0.15) is 40.4 Å². The summed E-state index contributed by atoms with van der Waals surface area (Å²) in [4.78, 5) is 18.5. The number of sulfone groups is 1. The standard InChI is InChI=1S/C26H26N2O5S/c1-32-20-7-8-24-22(15-20)23(16-27-24)18-9-12-28(13-10-18)26(29)25-19(11-14-33-25)17-34(30,31)21-5-3-2-4-6-21/h2-8,11,14-16,18,27H,9-10,12-13,17H2,1H3. The van der Waals surface area contributed by atoms with Crippen molar-refractivity contribution in [3.63, 3.8) is 0 Å². The molecule has 34 heavy (non-hydrogen) atoms. The fourth-order valence-corrected chi connectivity index (χ4v) is 6.05. The third kappa shape index (κ3) is 4.21. The molecule has 3 heterocycles. The van der Waals surface area contributed by atoms with Crippen molar-refractivity contribution < 1.29 is 22.4 Å². The second kappa shape index (κ2) is 9.02. The summed E-state index contributed by atoms with van der Waals surface area (Å²) in [6, 6.07) is 15.8. The molecule has 4 aromatic rings. The number of nitrogens with one attached hydrogen (secondary N) is 1. The lowest BCUT2D eigenvalue weighted by molar-refractivity contribution is 0.0680. The van der Waals surface area contributed by atoms with Crippen LogP contribution < -0.4 is 4.74 Å². The van der Waals surface area contributed by atoms with Crippen molar-refractivity contribution in [1.82, 2.24) is 9.88 Å². The first-order valence-corrected chi connectivity index (χ1v) is 12.9. The number of aromatic nitrogens is 1. The van der Waals surface area contributed by atoms with Crippen LogP contribution in [0.4, 0.5) is 0 Å². The number of rotatable bonds is 6. The zero-order chi connectivity index (χ0) is 23.7. The van der Waals surface area contributed by atoms with Gasteiger partial charge in [-0.1, -0.05) is 18.2 Å². The van der Waals surface area contributed by atoms with E-state index in [0.717, 1.165) is 29.5 Å². The number of ether oxygens (including phenoxy) is 1.